The van der Waals surface area contributed by atoms with Crippen LogP contribution in [-0.2, 0) is 10.8 Å². The summed E-state index contributed by atoms with van der Waals surface area (Å²) < 4.78 is 23.4. The van der Waals surface area contributed by atoms with Crippen LogP contribution in [0.2, 0.25) is 0 Å². The zero-order valence-corrected chi connectivity index (χ0v) is 5.93. The van der Waals surface area contributed by atoms with Crippen molar-refractivity contribution in [2.24, 2.45) is 0 Å². The average molecular weight is 155 g/mol. The molecule has 2 atom stereocenters. The predicted octanol–water partition coefficient (Wildman–Crippen LogP) is 1.14. The largest absolute Gasteiger partial charge is 0.479 e. The van der Waals surface area contributed by atoms with Crippen molar-refractivity contribution >= 4 is 10.8 Å². The van der Waals surface area contributed by atoms with Crippen molar-refractivity contribution in [1.29, 1.82) is 0 Å². The maximum absolute atomic E-state index is 11.2. The van der Waals surface area contributed by atoms with Gasteiger partial charge in [0, 0.05) is 0 Å². The Labute approximate surface area is 62.7 Å². The summed E-state index contributed by atoms with van der Waals surface area (Å²) in [5.41, 5.74) is 0. The lowest BCUT2D eigenvalue weighted by Crippen LogP contribution is -1.91. The minimum Gasteiger partial charge on any atom is -0.479 e. The Morgan fingerprint density at radius 1 is 1.60 bits per heavy atom. The molecule has 0 fully saturated rings. The van der Waals surface area contributed by atoms with Crippen LogP contribution >= 0.6 is 0 Å². The molecule has 52 valence electrons. The van der Waals surface area contributed by atoms with Crippen molar-refractivity contribution in [3.63, 3.8) is 0 Å². The molecule has 2 unspecified atom stereocenters. The van der Waals surface area contributed by atoms with E-state index in [1.807, 2.05) is 0 Å². The van der Waals surface area contributed by atoms with Gasteiger partial charge in [0.2, 0.25) is 0 Å². The van der Waals surface area contributed by atoms with Crippen molar-refractivity contribution in [3.05, 3.63) is 24.3 Å². The topological polar surface area (TPSA) is 26.3 Å². The lowest BCUT2D eigenvalue weighted by atomic mass is 10.3. The van der Waals surface area contributed by atoms with Gasteiger partial charge < -0.3 is 4.74 Å². The monoisotopic (exact) mass is 155 g/mol. The molecule has 0 saturated heterocycles. The Morgan fingerprint density at radius 2 is 2.40 bits per heavy atom. The number of benzene rings is 1. The zero-order valence-electron chi connectivity index (χ0n) is 6.11. The quantitative estimate of drug-likeness (QED) is 0.561. The molecular formula is C7H6O2S. The molecular weight excluding hydrogens is 148 g/mol. The smallest absolute Gasteiger partial charge is 0.167 e. The van der Waals surface area contributed by atoms with E-state index in [0.29, 0.717) is 10.6 Å². The maximum atomic E-state index is 11.2. The number of para-hydroxylation sites is 1. The van der Waals surface area contributed by atoms with Crippen molar-refractivity contribution in [2.45, 2.75) is 4.90 Å². The highest BCUT2D eigenvalue weighted by molar-refractivity contribution is 7.85. The summed E-state index contributed by atoms with van der Waals surface area (Å²) in [6.07, 6.45) is 0. The molecule has 2 nitrogen and oxygen atoms in total. The van der Waals surface area contributed by atoms with Crippen LogP contribution < -0.4 is 4.74 Å². The van der Waals surface area contributed by atoms with E-state index in [-0.39, 0.29) is 0 Å². The summed E-state index contributed by atoms with van der Waals surface area (Å²) in [6, 6.07) is 7.04. The van der Waals surface area contributed by atoms with Gasteiger partial charge in [-0.1, -0.05) is 12.1 Å². The number of rotatable bonds is 0. The van der Waals surface area contributed by atoms with Gasteiger partial charge >= 0.3 is 0 Å². The molecule has 0 radical (unpaired) electrons. The fraction of sp³-hybridized carbons (Fsp3) is 0.143. The molecule has 1 aromatic rings. The lowest BCUT2D eigenvalue weighted by molar-refractivity contribution is 0.394. The van der Waals surface area contributed by atoms with Crippen LogP contribution in [0.4, 0.5) is 0 Å². The van der Waals surface area contributed by atoms with Gasteiger partial charge in [0.25, 0.3) is 0 Å². The second-order valence-corrected chi connectivity index (χ2v) is 3.19. The summed E-state index contributed by atoms with van der Waals surface area (Å²) in [4.78, 5) is 0.632. The molecule has 10 heavy (non-hydrogen) atoms. The van der Waals surface area contributed by atoms with E-state index >= 15 is 0 Å². The number of hydrogen-bond donors (Lipinski definition) is 0. The fourth-order valence-corrected chi connectivity index (χ4v) is 1.68. The molecule has 0 N–H and O–H groups in total. The molecule has 0 bridgehead atoms. The average Bonchev–Trinajstić information content (AvgIpc) is 2.30. The predicted molar refractivity (Wildman–Crippen MR) is 38.3 cm³/mol. The van der Waals surface area contributed by atoms with Gasteiger partial charge in [0.15, 0.2) is 5.91 Å². The van der Waals surface area contributed by atoms with Gasteiger partial charge in [-0.15, -0.1) is 0 Å². The highest BCUT2D eigenvalue weighted by atomic mass is 32.2. The van der Waals surface area contributed by atoms with Crippen LogP contribution in [-0.4, -0.2) is 10.1 Å². The summed E-state index contributed by atoms with van der Waals surface area (Å²) >= 11 is 0. The van der Waals surface area contributed by atoms with Gasteiger partial charge in [-0.25, -0.2) is 0 Å². The van der Waals surface area contributed by atoms with Gasteiger partial charge in [-0.2, -0.15) is 0 Å². The van der Waals surface area contributed by atoms with E-state index in [1.54, 1.807) is 24.3 Å². The molecule has 0 amide bonds. The summed E-state index contributed by atoms with van der Waals surface area (Å²) in [5.74, 6) is -0.363. The standard InChI is InChI=1S/C7H6O2S/c8-10-5-9-6-3-1-2-4-7(6)10/h1-4H,5H2/i5D. The number of ether oxygens (including phenoxy) is 1. The van der Waals surface area contributed by atoms with Crippen LogP contribution in [0, 0.1) is 0 Å². The molecule has 0 spiro atoms. The Balaban J connectivity index is 2.55. The van der Waals surface area contributed by atoms with E-state index in [9.17, 15) is 4.21 Å². The van der Waals surface area contributed by atoms with E-state index in [1.165, 1.54) is 0 Å². The Hall–Kier alpha value is -0.830. The molecule has 1 aromatic carbocycles. The second-order valence-electron chi connectivity index (χ2n) is 1.96. The normalized spacial score (nSPS) is 30.6. The first-order valence-electron chi connectivity index (χ1n) is 3.45. The third-order valence-corrected chi connectivity index (χ3v) is 2.37. The summed E-state index contributed by atoms with van der Waals surface area (Å²) in [6.45, 7) is 0. The maximum Gasteiger partial charge on any atom is 0.167 e. The molecule has 0 aliphatic carbocycles. The SMILES string of the molecule is [2H]C1Oc2ccccc2S1=O. The highest BCUT2D eigenvalue weighted by Crippen LogP contribution is 2.27. The summed E-state index contributed by atoms with van der Waals surface area (Å²) in [7, 11) is -1.30. The van der Waals surface area contributed by atoms with Crippen molar-refractivity contribution in [2.75, 3.05) is 5.91 Å². The minimum absolute atomic E-state index is 0.575. The number of hydrogen-bond acceptors (Lipinski definition) is 2. The number of fused-ring (bicyclic) bond motifs is 1. The first kappa shape index (κ1) is 4.91. The second kappa shape index (κ2) is 2.09. The first-order valence-corrected chi connectivity index (χ1v) is 4.09. The molecule has 1 aliphatic rings. The zero-order chi connectivity index (χ0) is 7.84. The van der Waals surface area contributed by atoms with Gasteiger partial charge in [0.1, 0.15) is 5.75 Å². The van der Waals surface area contributed by atoms with Crippen molar-refractivity contribution in [3.8, 4) is 5.75 Å². The molecule has 0 aromatic heterocycles. The van der Waals surface area contributed by atoms with E-state index in [4.69, 9.17) is 6.11 Å². The van der Waals surface area contributed by atoms with E-state index < -0.39 is 16.7 Å². The van der Waals surface area contributed by atoms with Crippen LogP contribution in [0.3, 0.4) is 0 Å². The van der Waals surface area contributed by atoms with E-state index in [2.05, 4.69) is 0 Å². The molecule has 1 aliphatic heterocycles. The van der Waals surface area contributed by atoms with Gasteiger partial charge in [-0.3, -0.25) is 4.21 Å². The molecule has 1 heterocycles. The lowest BCUT2D eigenvalue weighted by Gasteiger charge is -1.91. The van der Waals surface area contributed by atoms with E-state index in [0.717, 1.165) is 0 Å². The summed E-state index contributed by atoms with van der Waals surface area (Å²) in [5, 5.41) is 0. The van der Waals surface area contributed by atoms with Gasteiger partial charge in [0.05, 0.1) is 17.1 Å². The first-order chi connectivity index (χ1) is 5.29. The van der Waals surface area contributed by atoms with Crippen LogP contribution in [0.15, 0.2) is 29.2 Å². The van der Waals surface area contributed by atoms with Gasteiger partial charge in [-0.05, 0) is 12.1 Å². The van der Waals surface area contributed by atoms with Crippen molar-refractivity contribution < 1.29 is 10.3 Å². The fourth-order valence-electron chi connectivity index (χ4n) is 0.861. The van der Waals surface area contributed by atoms with Crippen LogP contribution in [0.25, 0.3) is 0 Å². The molecule has 3 heteroatoms. The Kier molecular flexibility index (Phi) is 1.03. The molecule has 0 saturated carbocycles. The van der Waals surface area contributed by atoms with Crippen molar-refractivity contribution in [1.82, 2.24) is 0 Å². The Bertz CT molecular complexity index is 313. The highest BCUT2D eigenvalue weighted by Gasteiger charge is 2.17. The molecule has 2 rings (SSSR count). The third-order valence-electron chi connectivity index (χ3n) is 1.33. The Morgan fingerprint density at radius 3 is 3.20 bits per heavy atom. The van der Waals surface area contributed by atoms with Crippen LogP contribution in [0.1, 0.15) is 1.37 Å². The van der Waals surface area contributed by atoms with Crippen LogP contribution in [0.5, 0.6) is 5.75 Å². The third kappa shape index (κ3) is 0.743. The minimum atomic E-state index is -1.30.